The molecule has 15 heavy (non-hydrogen) atoms. The van der Waals surface area contributed by atoms with E-state index in [1.54, 1.807) is 0 Å². The second kappa shape index (κ2) is 5.88. The Labute approximate surface area is 98.2 Å². The lowest BCUT2D eigenvalue weighted by molar-refractivity contribution is -0.120. The Kier molecular flexibility index (Phi) is 4.78. The van der Waals surface area contributed by atoms with E-state index in [1.165, 1.54) is 0 Å². The van der Waals surface area contributed by atoms with E-state index >= 15 is 0 Å². The fraction of sp³-hybridized carbons (Fsp3) is 0.364. The van der Waals surface area contributed by atoms with E-state index < -0.39 is 0 Å². The Hall–Kier alpha value is -0.870. The van der Waals surface area contributed by atoms with E-state index in [0.29, 0.717) is 13.0 Å². The Morgan fingerprint density at radius 2 is 2.07 bits per heavy atom. The van der Waals surface area contributed by atoms with Crippen molar-refractivity contribution >= 4 is 21.8 Å². The molecule has 1 aromatic carbocycles. The predicted molar refractivity (Wildman–Crippen MR) is 64.5 cm³/mol. The zero-order valence-corrected chi connectivity index (χ0v) is 10.3. The molecule has 1 rings (SSSR count). The van der Waals surface area contributed by atoms with Gasteiger partial charge >= 0.3 is 0 Å². The largest absolute Gasteiger partial charge is 0.354 e. The molecule has 4 heteroatoms. The third kappa shape index (κ3) is 4.95. The summed E-state index contributed by atoms with van der Waals surface area (Å²) in [5, 5.41) is 2.77. The average Bonchev–Trinajstić information content (AvgIpc) is 2.19. The van der Waals surface area contributed by atoms with Crippen LogP contribution in [0.15, 0.2) is 28.7 Å². The summed E-state index contributed by atoms with van der Waals surface area (Å²) in [5.41, 5.74) is 6.53. The third-order valence-electron chi connectivity index (χ3n) is 1.90. The quantitative estimate of drug-likeness (QED) is 0.871. The molecule has 0 aromatic heterocycles. The van der Waals surface area contributed by atoms with Gasteiger partial charge in [-0.1, -0.05) is 28.1 Å². The zero-order valence-electron chi connectivity index (χ0n) is 8.66. The highest BCUT2D eigenvalue weighted by Crippen LogP contribution is 2.10. The summed E-state index contributed by atoms with van der Waals surface area (Å²) in [6, 6.07) is 7.70. The molecule has 0 heterocycles. The van der Waals surface area contributed by atoms with Gasteiger partial charge < -0.3 is 11.1 Å². The molecule has 0 aliphatic rings. The summed E-state index contributed by atoms with van der Waals surface area (Å²) in [4.78, 5) is 11.4. The molecule has 3 nitrogen and oxygen atoms in total. The van der Waals surface area contributed by atoms with E-state index in [2.05, 4.69) is 21.2 Å². The van der Waals surface area contributed by atoms with Crippen LogP contribution in [-0.4, -0.2) is 18.5 Å². The molecule has 1 amide bonds. The van der Waals surface area contributed by atoms with Crippen molar-refractivity contribution in [3.8, 4) is 0 Å². The minimum absolute atomic E-state index is 0.00105. The van der Waals surface area contributed by atoms with Gasteiger partial charge in [-0.25, -0.2) is 0 Å². The Balaban J connectivity index is 2.41. The van der Waals surface area contributed by atoms with Crippen molar-refractivity contribution in [1.29, 1.82) is 0 Å². The molecule has 1 unspecified atom stereocenters. The fourth-order valence-corrected chi connectivity index (χ4v) is 1.39. The van der Waals surface area contributed by atoms with Gasteiger partial charge in [0.25, 0.3) is 0 Å². The van der Waals surface area contributed by atoms with Crippen molar-refractivity contribution in [2.24, 2.45) is 5.73 Å². The summed E-state index contributed by atoms with van der Waals surface area (Å²) >= 11 is 3.34. The van der Waals surface area contributed by atoms with Crippen LogP contribution < -0.4 is 11.1 Å². The van der Waals surface area contributed by atoms with Crippen LogP contribution in [0.25, 0.3) is 0 Å². The van der Waals surface area contributed by atoms with Crippen LogP contribution in [0.3, 0.4) is 0 Å². The lowest BCUT2D eigenvalue weighted by Crippen LogP contribution is -2.35. The molecular weight excluding hydrogens is 256 g/mol. The summed E-state index contributed by atoms with van der Waals surface area (Å²) in [6.45, 7) is 2.38. The third-order valence-corrected chi connectivity index (χ3v) is 2.43. The number of carbonyl (C=O) groups is 1. The number of rotatable bonds is 4. The van der Waals surface area contributed by atoms with Crippen molar-refractivity contribution in [2.45, 2.75) is 19.4 Å². The number of nitrogens with two attached hydrogens (primary N) is 1. The first-order chi connectivity index (χ1) is 7.08. The van der Waals surface area contributed by atoms with Crippen LogP contribution in [0.1, 0.15) is 12.5 Å². The summed E-state index contributed by atoms with van der Waals surface area (Å²) in [6.07, 6.45) is 0.403. The molecule has 0 bridgehead atoms. The molecule has 0 spiro atoms. The van der Waals surface area contributed by atoms with E-state index in [4.69, 9.17) is 5.73 Å². The van der Waals surface area contributed by atoms with Gasteiger partial charge in [-0.15, -0.1) is 0 Å². The van der Waals surface area contributed by atoms with E-state index in [0.717, 1.165) is 10.0 Å². The van der Waals surface area contributed by atoms with Crippen molar-refractivity contribution in [1.82, 2.24) is 5.32 Å². The Morgan fingerprint density at radius 3 is 2.60 bits per heavy atom. The van der Waals surface area contributed by atoms with Crippen LogP contribution in [0.4, 0.5) is 0 Å². The van der Waals surface area contributed by atoms with E-state index in [9.17, 15) is 4.79 Å². The van der Waals surface area contributed by atoms with Crippen LogP contribution in [0, 0.1) is 0 Å². The van der Waals surface area contributed by atoms with Gasteiger partial charge in [-0.3, -0.25) is 4.79 Å². The monoisotopic (exact) mass is 270 g/mol. The fourth-order valence-electron chi connectivity index (χ4n) is 1.12. The molecule has 0 fully saturated rings. The molecule has 0 aliphatic heterocycles. The highest BCUT2D eigenvalue weighted by molar-refractivity contribution is 9.10. The average molecular weight is 271 g/mol. The van der Waals surface area contributed by atoms with Crippen LogP contribution in [0.5, 0.6) is 0 Å². The van der Waals surface area contributed by atoms with Gasteiger partial charge in [0.15, 0.2) is 0 Å². The number of hydrogen-bond donors (Lipinski definition) is 2. The number of benzene rings is 1. The van der Waals surface area contributed by atoms with Crippen molar-refractivity contribution in [3.63, 3.8) is 0 Å². The van der Waals surface area contributed by atoms with E-state index in [1.807, 2.05) is 31.2 Å². The lowest BCUT2D eigenvalue weighted by atomic mass is 10.1. The Morgan fingerprint density at radius 1 is 1.47 bits per heavy atom. The minimum atomic E-state index is -0.00105. The number of nitrogens with one attached hydrogen (secondary N) is 1. The number of hydrogen-bond acceptors (Lipinski definition) is 2. The maximum Gasteiger partial charge on any atom is 0.224 e. The number of carbonyl (C=O) groups excluding carboxylic acids is 1. The molecule has 0 saturated heterocycles. The first-order valence-electron chi connectivity index (χ1n) is 4.84. The van der Waals surface area contributed by atoms with Crippen LogP contribution in [-0.2, 0) is 11.2 Å². The highest BCUT2D eigenvalue weighted by atomic mass is 79.9. The van der Waals surface area contributed by atoms with E-state index in [-0.39, 0.29) is 11.9 Å². The smallest absolute Gasteiger partial charge is 0.224 e. The molecule has 0 saturated carbocycles. The molecule has 82 valence electrons. The van der Waals surface area contributed by atoms with Crippen LogP contribution in [0.2, 0.25) is 0 Å². The van der Waals surface area contributed by atoms with Gasteiger partial charge in [0, 0.05) is 17.1 Å². The van der Waals surface area contributed by atoms with Crippen LogP contribution >= 0.6 is 15.9 Å². The normalized spacial score (nSPS) is 12.2. The first kappa shape index (κ1) is 12.2. The van der Waals surface area contributed by atoms with Gasteiger partial charge in [-0.05, 0) is 24.6 Å². The Bertz CT molecular complexity index is 322. The predicted octanol–water partition coefficient (Wildman–Crippen LogP) is 1.46. The standard InChI is InChI=1S/C11H15BrN2O/c1-8(13)7-14-11(15)6-9-2-4-10(12)5-3-9/h2-5,8H,6-7,13H2,1H3,(H,14,15). The molecule has 0 radical (unpaired) electrons. The maximum atomic E-state index is 11.4. The molecular formula is C11H15BrN2O. The lowest BCUT2D eigenvalue weighted by Gasteiger charge is -2.07. The maximum absolute atomic E-state index is 11.4. The second-order valence-electron chi connectivity index (χ2n) is 3.58. The summed E-state index contributed by atoms with van der Waals surface area (Å²) < 4.78 is 1.02. The second-order valence-corrected chi connectivity index (χ2v) is 4.50. The van der Waals surface area contributed by atoms with Crippen molar-refractivity contribution in [2.75, 3.05) is 6.54 Å². The zero-order chi connectivity index (χ0) is 11.3. The first-order valence-corrected chi connectivity index (χ1v) is 5.64. The summed E-state index contributed by atoms with van der Waals surface area (Å²) in [7, 11) is 0. The molecule has 3 N–H and O–H groups in total. The topological polar surface area (TPSA) is 55.1 Å². The summed E-state index contributed by atoms with van der Waals surface area (Å²) in [5.74, 6) is 0.00891. The number of amides is 1. The van der Waals surface area contributed by atoms with Crippen molar-refractivity contribution < 1.29 is 4.79 Å². The van der Waals surface area contributed by atoms with Crippen molar-refractivity contribution in [3.05, 3.63) is 34.3 Å². The minimum Gasteiger partial charge on any atom is -0.354 e. The number of halogens is 1. The molecule has 0 aliphatic carbocycles. The van der Waals surface area contributed by atoms with Gasteiger partial charge in [0.1, 0.15) is 0 Å². The highest BCUT2D eigenvalue weighted by Gasteiger charge is 2.03. The van der Waals surface area contributed by atoms with Gasteiger partial charge in [0.2, 0.25) is 5.91 Å². The SMILES string of the molecule is CC(N)CNC(=O)Cc1ccc(Br)cc1. The van der Waals surface area contributed by atoms with Gasteiger partial charge in [0.05, 0.1) is 6.42 Å². The molecule has 1 atom stereocenters. The van der Waals surface area contributed by atoms with Gasteiger partial charge in [-0.2, -0.15) is 0 Å². The molecule has 1 aromatic rings.